The Balaban J connectivity index is 2.12. The van der Waals surface area contributed by atoms with Crippen LogP contribution in [-0.4, -0.2) is 18.9 Å². The predicted molar refractivity (Wildman–Crippen MR) is 88.0 cm³/mol. The number of nitriles is 1. The third kappa shape index (κ3) is 6.62. The van der Waals surface area contributed by atoms with E-state index in [0.717, 1.165) is 37.6 Å². The van der Waals surface area contributed by atoms with Gasteiger partial charge in [0.2, 0.25) is 0 Å². The van der Waals surface area contributed by atoms with Gasteiger partial charge in [0.05, 0.1) is 6.07 Å². The van der Waals surface area contributed by atoms with Crippen LogP contribution in [-0.2, 0) is 18.9 Å². The Bertz CT molecular complexity index is 707. The van der Waals surface area contributed by atoms with Crippen LogP contribution in [0.4, 0.5) is 0 Å². The van der Waals surface area contributed by atoms with Gasteiger partial charge in [0, 0.05) is 9.79 Å². The van der Waals surface area contributed by atoms with E-state index in [1.807, 2.05) is 60.7 Å². The Morgan fingerprint density at radius 2 is 1.43 bits per heavy atom. The van der Waals surface area contributed by atoms with Gasteiger partial charge in [0.15, 0.2) is 6.61 Å². The monoisotopic (exact) mass is 368 g/mol. The molecule has 0 N–H and O–H groups in total. The van der Waals surface area contributed by atoms with Crippen molar-refractivity contribution in [3.63, 3.8) is 0 Å². The fourth-order valence-electron chi connectivity index (χ4n) is 1.38. The first kappa shape index (κ1) is 17.8. The van der Waals surface area contributed by atoms with E-state index in [2.05, 4.69) is 4.18 Å². The highest BCUT2D eigenvalue weighted by atomic mass is 32.3. The lowest BCUT2D eigenvalue weighted by atomic mass is 10.4. The second-order valence-electron chi connectivity index (χ2n) is 3.94. The molecular weight excluding hydrogens is 356 g/mol. The molecule has 0 saturated carbocycles. The Labute approximate surface area is 143 Å². The van der Waals surface area contributed by atoms with Crippen LogP contribution in [0.25, 0.3) is 0 Å². The second kappa shape index (κ2) is 8.93. The maximum Gasteiger partial charge on any atom is 0.418 e. The third-order valence-corrected chi connectivity index (χ3v) is 5.05. The Morgan fingerprint density at radius 1 is 0.957 bits per heavy atom. The first-order chi connectivity index (χ1) is 11.1. The van der Waals surface area contributed by atoms with Crippen LogP contribution in [0.3, 0.4) is 0 Å². The van der Waals surface area contributed by atoms with Crippen LogP contribution >= 0.6 is 23.9 Å². The molecule has 6 nitrogen and oxygen atoms in total. The summed E-state index contributed by atoms with van der Waals surface area (Å²) in [5.74, 6) is 0. The molecule has 0 unspecified atom stereocenters. The van der Waals surface area contributed by atoms with Crippen molar-refractivity contribution >= 4 is 34.3 Å². The van der Waals surface area contributed by atoms with Gasteiger partial charge >= 0.3 is 10.4 Å². The zero-order valence-corrected chi connectivity index (χ0v) is 14.2. The van der Waals surface area contributed by atoms with E-state index in [1.54, 1.807) is 6.07 Å². The van der Waals surface area contributed by atoms with Crippen molar-refractivity contribution in [2.24, 2.45) is 0 Å². The van der Waals surface area contributed by atoms with Crippen LogP contribution in [0.2, 0.25) is 0 Å². The van der Waals surface area contributed by atoms with E-state index in [9.17, 15) is 8.42 Å². The van der Waals surface area contributed by atoms with Crippen molar-refractivity contribution < 1.29 is 16.9 Å². The van der Waals surface area contributed by atoms with Crippen molar-refractivity contribution in [3.05, 3.63) is 60.7 Å². The molecule has 0 fully saturated rings. The fraction of sp³-hybridized carbons (Fsp3) is 0.0714. The highest BCUT2D eigenvalue weighted by Gasteiger charge is 2.21. The quantitative estimate of drug-likeness (QED) is 0.518. The molecule has 2 aromatic rings. The largest absolute Gasteiger partial charge is 0.418 e. The fourth-order valence-corrected chi connectivity index (χ4v) is 4.03. The van der Waals surface area contributed by atoms with Crippen LogP contribution in [0, 0.1) is 11.3 Å². The van der Waals surface area contributed by atoms with Gasteiger partial charge < -0.3 is 0 Å². The molecule has 0 saturated heterocycles. The van der Waals surface area contributed by atoms with Crippen LogP contribution in [0.15, 0.2) is 70.5 Å². The standard InChI is InChI=1S/C14H12N2O4S3/c15-11-12-19-23(17,18)20-16(21-13-7-3-1-4-8-13)22-14-9-5-2-6-10-14/h1-10H,12H2. The zero-order chi connectivity index (χ0) is 16.5. The second-order valence-corrected chi connectivity index (χ2v) is 7.34. The van der Waals surface area contributed by atoms with Crippen molar-refractivity contribution in [1.82, 2.24) is 3.87 Å². The number of rotatable bonds is 8. The maximum atomic E-state index is 11.7. The molecule has 0 atom stereocenters. The van der Waals surface area contributed by atoms with E-state index in [-0.39, 0.29) is 0 Å². The molecular formula is C14H12N2O4S3. The average Bonchev–Trinajstić information content (AvgIpc) is 2.54. The summed E-state index contributed by atoms with van der Waals surface area (Å²) in [6.07, 6.45) is 0. The molecule has 0 amide bonds. The molecule has 0 aliphatic carbocycles. The average molecular weight is 368 g/mol. The molecule has 0 spiro atoms. The molecule has 0 bridgehead atoms. The lowest BCUT2D eigenvalue weighted by Crippen LogP contribution is -2.18. The molecule has 0 aliphatic heterocycles. The van der Waals surface area contributed by atoms with Crippen molar-refractivity contribution in [2.75, 3.05) is 6.61 Å². The molecule has 120 valence electrons. The SMILES string of the molecule is N#CCOS(=O)(=O)ON(Sc1ccccc1)Sc1ccccc1. The summed E-state index contributed by atoms with van der Waals surface area (Å²) < 4.78 is 33.9. The van der Waals surface area contributed by atoms with Gasteiger partial charge in [-0.3, -0.25) is 0 Å². The van der Waals surface area contributed by atoms with Crippen molar-refractivity contribution in [3.8, 4) is 6.07 Å². The van der Waals surface area contributed by atoms with Gasteiger partial charge in [-0.1, -0.05) is 36.4 Å². The molecule has 0 radical (unpaired) electrons. The first-order valence-corrected chi connectivity index (χ1v) is 9.19. The van der Waals surface area contributed by atoms with Gasteiger partial charge in [-0.2, -0.15) is 13.7 Å². The van der Waals surface area contributed by atoms with E-state index < -0.39 is 17.0 Å². The Hall–Kier alpha value is -1.54. The van der Waals surface area contributed by atoms with E-state index in [4.69, 9.17) is 9.55 Å². The minimum atomic E-state index is -4.32. The smallest absolute Gasteiger partial charge is 0.232 e. The molecule has 0 aliphatic rings. The highest BCUT2D eigenvalue weighted by Crippen LogP contribution is 2.35. The van der Waals surface area contributed by atoms with Gasteiger partial charge in [0.1, 0.15) is 0 Å². The van der Waals surface area contributed by atoms with Crippen molar-refractivity contribution in [1.29, 1.82) is 5.26 Å². The first-order valence-electron chi connectivity index (χ1n) is 6.31. The number of hydrogen-bond donors (Lipinski definition) is 0. The number of hydrogen-bond acceptors (Lipinski definition) is 8. The Morgan fingerprint density at radius 3 is 1.87 bits per heavy atom. The summed E-state index contributed by atoms with van der Waals surface area (Å²) in [7, 11) is -4.32. The molecule has 0 aromatic heterocycles. The van der Waals surface area contributed by atoms with Gasteiger partial charge in [-0.15, -0.1) is 4.28 Å². The minimum absolute atomic E-state index is 0.609. The predicted octanol–water partition coefficient (Wildman–Crippen LogP) is 3.42. The molecule has 23 heavy (non-hydrogen) atoms. The maximum absolute atomic E-state index is 11.7. The summed E-state index contributed by atoms with van der Waals surface area (Å²) in [5, 5.41) is 8.42. The summed E-state index contributed by atoms with van der Waals surface area (Å²) in [4.78, 5) is 1.57. The van der Waals surface area contributed by atoms with E-state index in [1.165, 1.54) is 0 Å². The summed E-state index contributed by atoms with van der Waals surface area (Å²) in [6.45, 7) is -0.609. The van der Waals surface area contributed by atoms with Gasteiger partial charge in [0.25, 0.3) is 0 Å². The van der Waals surface area contributed by atoms with Crippen molar-refractivity contribution in [2.45, 2.75) is 9.79 Å². The molecule has 0 heterocycles. The number of benzene rings is 2. The Kier molecular flexibility index (Phi) is 6.91. The lowest BCUT2D eigenvalue weighted by molar-refractivity contribution is 0.125. The topological polar surface area (TPSA) is 79.6 Å². The number of nitrogens with zero attached hydrogens (tertiary/aromatic N) is 2. The van der Waals surface area contributed by atoms with Crippen LogP contribution in [0.5, 0.6) is 0 Å². The zero-order valence-electron chi connectivity index (χ0n) is 11.7. The van der Waals surface area contributed by atoms with Crippen LogP contribution < -0.4 is 0 Å². The normalized spacial score (nSPS) is 11.3. The lowest BCUT2D eigenvalue weighted by Gasteiger charge is -2.17. The van der Waals surface area contributed by atoms with Crippen LogP contribution in [0.1, 0.15) is 0 Å². The van der Waals surface area contributed by atoms with Gasteiger partial charge in [-0.25, -0.2) is 4.18 Å². The molecule has 2 rings (SSSR count). The highest BCUT2D eigenvalue weighted by molar-refractivity contribution is 8.12. The summed E-state index contributed by atoms with van der Waals surface area (Å²) in [5.41, 5.74) is 0. The van der Waals surface area contributed by atoms with E-state index >= 15 is 0 Å². The molecule has 2 aromatic carbocycles. The summed E-state index contributed by atoms with van der Waals surface area (Å²) >= 11 is 2.15. The third-order valence-electron chi connectivity index (χ3n) is 2.27. The van der Waals surface area contributed by atoms with E-state index in [0.29, 0.717) is 0 Å². The minimum Gasteiger partial charge on any atom is -0.232 e. The molecule has 9 heteroatoms. The summed E-state index contributed by atoms with van der Waals surface area (Å²) in [6, 6.07) is 19.9. The van der Waals surface area contributed by atoms with Gasteiger partial charge in [-0.05, 0) is 52.0 Å².